The van der Waals surface area contributed by atoms with Crippen molar-refractivity contribution < 1.29 is 28.3 Å². The van der Waals surface area contributed by atoms with Crippen LogP contribution in [0.4, 0.5) is 4.79 Å². The summed E-state index contributed by atoms with van der Waals surface area (Å²) in [5.41, 5.74) is 9.18. The Hall–Kier alpha value is -4.60. The van der Waals surface area contributed by atoms with Gasteiger partial charge in [-0.15, -0.1) is 0 Å². The first-order valence-corrected chi connectivity index (χ1v) is 12.2. The SMILES string of the molecule is Cc1c(CCC(=O)NC(CCCNC(N)=O)C(=O)O)c(=O)oc2c(C)c3occ(-c4ccccc4)c3cc12. The van der Waals surface area contributed by atoms with Gasteiger partial charge in [-0.1, -0.05) is 30.3 Å². The van der Waals surface area contributed by atoms with Crippen LogP contribution < -0.4 is 22.0 Å². The van der Waals surface area contributed by atoms with Crippen molar-refractivity contribution in [1.29, 1.82) is 0 Å². The molecule has 4 aromatic rings. The molecule has 1 unspecified atom stereocenters. The third kappa shape index (κ3) is 5.54. The van der Waals surface area contributed by atoms with E-state index in [4.69, 9.17) is 14.6 Å². The van der Waals surface area contributed by atoms with E-state index in [-0.39, 0.29) is 25.8 Å². The number of carbonyl (C=O) groups is 3. The molecular weight excluding hydrogens is 490 g/mol. The number of fused-ring (bicyclic) bond motifs is 2. The van der Waals surface area contributed by atoms with Gasteiger partial charge in [0.05, 0.1) is 6.26 Å². The molecule has 10 heteroatoms. The Labute approximate surface area is 217 Å². The molecule has 4 rings (SSSR count). The van der Waals surface area contributed by atoms with Crippen LogP contribution in [-0.2, 0) is 16.0 Å². The molecule has 5 N–H and O–H groups in total. The van der Waals surface area contributed by atoms with Crippen LogP contribution in [0, 0.1) is 13.8 Å². The molecule has 0 bridgehead atoms. The second-order valence-electron chi connectivity index (χ2n) is 9.16. The molecule has 2 heterocycles. The van der Waals surface area contributed by atoms with Crippen LogP contribution in [0.25, 0.3) is 33.1 Å². The number of nitrogens with one attached hydrogen (secondary N) is 2. The lowest BCUT2D eigenvalue weighted by Gasteiger charge is -2.15. The minimum absolute atomic E-state index is 0.0829. The number of hydrogen-bond donors (Lipinski definition) is 4. The number of carboxylic acid groups (broad SMARTS) is 1. The fourth-order valence-electron chi connectivity index (χ4n) is 4.61. The summed E-state index contributed by atoms with van der Waals surface area (Å²) in [7, 11) is 0. The predicted octanol–water partition coefficient (Wildman–Crippen LogP) is 3.77. The molecule has 198 valence electrons. The first-order chi connectivity index (χ1) is 18.2. The Morgan fingerprint density at radius 3 is 2.47 bits per heavy atom. The highest BCUT2D eigenvalue weighted by molar-refractivity contribution is 6.05. The van der Waals surface area contributed by atoms with Gasteiger partial charge in [-0.05, 0) is 50.3 Å². The zero-order valence-electron chi connectivity index (χ0n) is 21.1. The number of hydrogen-bond acceptors (Lipinski definition) is 6. The fourth-order valence-corrected chi connectivity index (χ4v) is 4.61. The highest BCUT2D eigenvalue weighted by Crippen LogP contribution is 2.37. The third-order valence-electron chi connectivity index (χ3n) is 6.63. The van der Waals surface area contributed by atoms with Crippen LogP contribution in [0.3, 0.4) is 0 Å². The molecule has 0 aliphatic carbocycles. The largest absolute Gasteiger partial charge is 0.480 e. The van der Waals surface area contributed by atoms with Gasteiger partial charge in [0.2, 0.25) is 5.91 Å². The lowest BCUT2D eigenvalue weighted by atomic mass is 9.96. The summed E-state index contributed by atoms with van der Waals surface area (Å²) in [6.45, 7) is 3.84. The lowest BCUT2D eigenvalue weighted by molar-refractivity contribution is -0.142. The monoisotopic (exact) mass is 519 g/mol. The Kier molecular flexibility index (Phi) is 7.80. The van der Waals surface area contributed by atoms with Gasteiger partial charge >= 0.3 is 17.6 Å². The van der Waals surface area contributed by atoms with E-state index < -0.39 is 29.6 Å². The number of primary amides is 1. The van der Waals surface area contributed by atoms with Crippen molar-refractivity contribution in [2.45, 2.75) is 45.6 Å². The van der Waals surface area contributed by atoms with E-state index in [0.717, 1.165) is 21.9 Å². The molecule has 3 amide bonds. The maximum Gasteiger partial charge on any atom is 0.339 e. The van der Waals surface area contributed by atoms with Crippen LogP contribution in [0.15, 0.2) is 56.3 Å². The quantitative estimate of drug-likeness (QED) is 0.183. The molecule has 38 heavy (non-hydrogen) atoms. The number of carbonyl (C=O) groups excluding carboxylic acids is 2. The molecule has 0 aliphatic rings. The summed E-state index contributed by atoms with van der Waals surface area (Å²) >= 11 is 0. The van der Waals surface area contributed by atoms with Crippen molar-refractivity contribution in [3.8, 4) is 11.1 Å². The predicted molar refractivity (Wildman–Crippen MR) is 142 cm³/mol. The van der Waals surface area contributed by atoms with Crippen molar-refractivity contribution in [3.05, 3.63) is 69.8 Å². The van der Waals surface area contributed by atoms with E-state index >= 15 is 0 Å². The number of carboxylic acids is 1. The molecule has 10 nitrogen and oxygen atoms in total. The normalized spacial score (nSPS) is 11.9. The summed E-state index contributed by atoms with van der Waals surface area (Å²) < 4.78 is 11.5. The molecule has 0 radical (unpaired) electrons. The minimum atomic E-state index is -1.19. The Balaban J connectivity index is 1.56. The molecule has 1 atom stereocenters. The summed E-state index contributed by atoms with van der Waals surface area (Å²) in [6.07, 6.45) is 2.11. The number of rotatable bonds is 10. The Morgan fingerprint density at radius 2 is 1.79 bits per heavy atom. The van der Waals surface area contributed by atoms with Crippen LogP contribution in [0.5, 0.6) is 0 Å². The maximum absolute atomic E-state index is 12.9. The molecular formula is C28H29N3O7. The second-order valence-corrected chi connectivity index (χ2v) is 9.16. The number of furan rings is 1. The summed E-state index contributed by atoms with van der Waals surface area (Å²) in [5, 5.41) is 15.9. The van der Waals surface area contributed by atoms with Gasteiger partial charge in [0.15, 0.2) is 0 Å². The van der Waals surface area contributed by atoms with Gasteiger partial charge in [0, 0.05) is 40.4 Å². The molecule has 0 spiro atoms. The third-order valence-corrected chi connectivity index (χ3v) is 6.63. The van der Waals surface area contributed by atoms with Crippen molar-refractivity contribution >= 4 is 39.8 Å². The van der Waals surface area contributed by atoms with Crippen LogP contribution >= 0.6 is 0 Å². The zero-order valence-corrected chi connectivity index (χ0v) is 21.1. The number of aliphatic carboxylic acids is 1. The van der Waals surface area contributed by atoms with Gasteiger partial charge < -0.3 is 30.3 Å². The molecule has 0 aliphatic heterocycles. The Bertz CT molecular complexity index is 1570. The molecule has 0 saturated carbocycles. The number of benzene rings is 2. The maximum atomic E-state index is 12.9. The van der Waals surface area contributed by atoms with Crippen molar-refractivity contribution in [1.82, 2.24) is 10.6 Å². The average molecular weight is 520 g/mol. The van der Waals surface area contributed by atoms with Crippen LogP contribution in [0.2, 0.25) is 0 Å². The topological polar surface area (TPSA) is 165 Å². The van der Waals surface area contributed by atoms with Crippen molar-refractivity contribution in [3.63, 3.8) is 0 Å². The van der Waals surface area contributed by atoms with Gasteiger partial charge in [0.1, 0.15) is 17.2 Å². The smallest absolute Gasteiger partial charge is 0.339 e. The van der Waals surface area contributed by atoms with Crippen molar-refractivity contribution in [2.24, 2.45) is 5.73 Å². The van der Waals surface area contributed by atoms with Gasteiger partial charge in [-0.25, -0.2) is 14.4 Å². The van der Waals surface area contributed by atoms with Crippen LogP contribution in [0.1, 0.15) is 36.0 Å². The second kappa shape index (κ2) is 11.2. The summed E-state index contributed by atoms with van der Waals surface area (Å²) in [4.78, 5) is 47.7. The number of urea groups is 1. The molecule has 0 fully saturated rings. The van der Waals surface area contributed by atoms with Crippen LogP contribution in [-0.4, -0.2) is 35.6 Å². The average Bonchev–Trinajstić information content (AvgIpc) is 3.31. The minimum Gasteiger partial charge on any atom is -0.480 e. The fraction of sp³-hybridized carbons (Fsp3) is 0.286. The van der Waals surface area contributed by atoms with Gasteiger partial charge in [-0.2, -0.15) is 0 Å². The lowest BCUT2D eigenvalue weighted by Crippen LogP contribution is -2.41. The Morgan fingerprint density at radius 1 is 1.05 bits per heavy atom. The standard InChI is InChI=1S/C28H29N3O7/c1-15-18(10-11-23(32)31-22(26(33)34)9-6-12-30-28(29)36)27(35)38-25-16(2)24-20(13-19(15)25)21(14-37-24)17-7-4-3-5-8-17/h3-5,7-8,13-14,22H,6,9-12H2,1-2H3,(H,31,32)(H,33,34)(H3,29,30,36). The van der Waals surface area contributed by atoms with Gasteiger partial charge in [-0.3, -0.25) is 4.79 Å². The van der Waals surface area contributed by atoms with E-state index in [1.807, 2.05) is 50.2 Å². The number of amides is 3. The van der Waals surface area contributed by atoms with E-state index in [9.17, 15) is 24.3 Å². The van der Waals surface area contributed by atoms with E-state index in [2.05, 4.69) is 10.6 Å². The van der Waals surface area contributed by atoms with Gasteiger partial charge in [0.25, 0.3) is 0 Å². The highest BCUT2D eigenvalue weighted by Gasteiger charge is 2.22. The number of nitrogens with two attached hydrogens (primary N) is 1. The van der Waals surface area contributed by atoms with Crippen molar-refractivity contribution in [2.75, 3.05) is 6.54 Å². The summed E-state index contributed by atoms with van der Waals surface area (Å²) in [5.74, 6) is -1.69. The van der Waals surface area contributed by atoms with E-state index in [1.54, 1.807) is 6.26 Å². The zero-order chi connectivity index (χ0) is 27.4. The molecule has 2 aromatic heterocycles. The molecule has 0 saturated heterocycles. The first kappa shape index (κ1) is 26.5. The first-order valence-electron chi connectivity index (χ1n) is 12.2. The molecule has 2 aromatic carbocycles. The highest BCUT2D eigenvalue weighted by atomic mass is 16.4. The van der Waals surface area contributed by atoms with E-state index in [0.29, 0.717) is 34.3 Å². The van der Waals surface area contributed by atoms with E-state index in [1.165, 1.54) is 0 Å². The summed E-state index contributed by atoms with van der Waals surface area (Å²) in [6, 6.07) is 9.92. The number of aryl methyl sites for hydroxylation is 2.